The second kappa shape index (κ2) is 8.33. The number of carbonyl (C=O) groups is 2. The molecular weight excluding hydrogens is 376 g/mol. The van der Waals surface area contributed by atoms with Crippen molar-refractivity contribution < 1.29 is 14.3 Å². The van der Waals surface area contributed by atoms with E-state index in [2.05, 4.69) is 10.2 Å². The van der Waals surface area contributed by atoms with Crippen molar-refractivity contribution in [1.82, 2.24) is 10.2 Å². The molecule has 0 spiro atoms. The number of fused-ring (bicyclic) bond motifs is 3. The van der Waals surface area contributed by atoms with Crippen LogP contribution in [0.3, 0.4) is 0 Å². The number of nitrogens with zero attached hydrogens (tertiary/aromatic N) is 1. The fourth-order valence-electron chi connectivity index (χ4n) is 4.00. The number of nitrogens with one attached hydrogen (secondary N) is 1. The average Bonchev–Trinajstić information content (AvgIpc) is 2.74. The number of hydrogen-bond donors (Lipinski definition) is 1. The highest BCUT2D eigenvalue weighted by Gasteiger charge is 2.38. The van der Waals surface area contributed by atoms with Crippen LogP contribution < -0.4 is 5.32 Å². The summed E-state index contributed by atoms with van der Waals surface area (Å²) in [6.45, 7) is 2.92. The second-order valence-electron chi connectivity index (χ2n) is 7.44. The van der Waals surface area contributed by atoms with Crippen molar-refractivity contribution in [3.63, 3.8) is 0 Å². The summed E-state index contributed by atoms with van der Waals surface area (Å²) in [5.74, 6) is -0.332. The SMILES string of the molecule is O=C(NC(C(=O)O[C@H]1CN2CCC1CC2)c1ccc(Cl)cc1)c1ccccc1. The number of piperidine rings is 3. The van der Waals surface area contributed by atoms with Crippen molar-refractivity contribution in [3.8, 4) is 0 Å². The first kappa shape index (κ1) is 19.0. The van der Waals surface area contributed by atoms with Crippen LogP contribution in [0.1, 0.15) is 34.8 Å². The van der Waals surface area contributed by atoms with Gasteiger partial charge in [0.25, 0.3) is 5.91 Å². The van der Waals surface area contributed by atoms with E-state index in [9.17, 15) is 9.59 Å². The fourth-order valence-corrected chi connectivity index (χ4v) is 4.13. The maximum Gasteiger partial charge on any atom is 0.333 e. The zero-order chi connectivity index (χ0) is 19.5. The van der Waals surface area contributed by atoms with Gasteiger partial charge in [-0.3, -0.25) is 9.69 Å². The van der Waals surface area contributed by atoms with E-state index < -0.39 is 12.0 Å². The molecular formula is C22H23ClN2O3. The summed E-state index contributed by atoms with van der Waals surface area (Å²) in [5.41, 5.74) is 1.15. The maximum atomic E-state index is 13.1. The smallest absolute Gasteiger partial charge is 0.333 e. The Balaban J connectivity index is 1.53. The topological polar surface area (TPSA) is 58.6 Å². The Morgan fingerprint density at radius 3 is 2.32 bits per heavy atom. The lowest BCUT2D eigenvalue weighted by molar-refractivity contribution is -0.161. The molecule has 5 nitrogen and oxygen atoms in total. The third-order valence-electron chi connectivity index (χ3n) is 5.61. The van der Waals surface area contributed by atoms with Crippen LogP contribution in [-0.4, -0.2) is 42.5 Å². The van der Waals surface area contributed by atoms with Gasteiger partial charge in [0.2, 0.25) is 0 Å². The summed E-state index contributed by atoms with van der Waals surface area (Å²) in [7, 11) is 0. The van der Waals surface area contributed by atoms with Gasteiger partial charge < -0.3 is 10.1 Å². The lowest BCUT2D eigenvalue weighted by Gasteiger charge is -2.44. The van der Waals surface area contributed by atoms with E-state index in [0.717, 1.165) is 32.5 Å². The Labute approximate surface area is 169 Å². The average molecular weight is 399 g/mol. The van der Waals surface area contributed by atoms with Crippen molar-refractivity contribution in [2.24, 2.45) is 5.92 Å². The van der Waals surface area contributed by atoms with E-state index >= 15 is 0 Å². The van der Waals surface area contributed by atoms with Crippen LogP contribution in [0.25, 0.3) is 0 Å². The first-order valence-corrected chi connectivity index (χ1v) is 10.0. The summed E-state index contributed by atoms with van der Waals surface area (Å²) < 4.78 is 5.88. The molecule has 0 radical (unpaired) electrons. The van der Waals surface area contributed by atoms with E-state index in [1.165, 1.54) is 0 Å². The Kier molecular flexibility index (Phi) is 5.64. The van der Waals surface area contributed by atoms with Crippen LogP contribution in [0.2, 0.25) is 5.02 Å². The lowest BCUT2D eigenvalue weighted by Crippen LogP contribution is -2.52. The number of ether oxygens (including phenoxy) is 1. The molecule has 5 rings (SSSR count). The molecule has 28 heavy (non-hydrogen) atoms. The highest BCUT2D eigenvalue weighted by atomic mass is 35.5. The standard InChI is InChI=1S/C22H23ClN2O3/c23-18-8-6-16(7-9-18)20(24-21(26)17-4-2-1-3-5-17)22(27)28-19-14-25-12-10-15(19)11-13-25/h1-9,15,19-20H,10-14H2,(H,24,26)/t19-,20?/m0/s1. The maximum absolute atomic E-state index is 13.1. The van der Waals surface area contributed by atoms with Gasteiger partial charge in [-0.25, -0.2) is 4.79 Å². The molecule has 2 bridgehead atoms. The third kappa shape index (κ3) is 4.21. The molecule has 3 aliphatic rings. The zero-order valence-electron chi connectivity index (χ0n) is 15.5. The van der Waals surface area contributed by atoms with Crippen molar-refractivity contribution >= 4 is 23.5 Å². The van der Waals surface area contributed by atoms with Gasteiger partial charge in [0.1, 0.15) is 6.10 Å². The van der Waals surface area contributed by atoms with Crippen molar-refractivity contribution in [1.29, 1.82) is 0 Å². The molecule has 3 aliphatic heterocycles. The minimum absolute atomic E-state index is 0.113. The number of carbonyl (C=O) groups excluding carboxylic acids is 2. The zero-order valence-corrected chi connectivity index (χ0v) is 16.3. The molecule has 0 saturated carbocycles. The van der Waals surface area contributed by atoms with Crippen molar-refractivity contribution in [3.05, 3.63) is 70.7 Å². The monoisotopic (exact) mass is 398 g/mol. The molecule has 3 heterocycles. The van der Waals surface area contributed by atoms with E-state index in [4.69, 9.17) is 16.3 Å². The Hall–Kier alpha value is -2.37. The fraction of sp³-hybridized carbons (Fsp3) is 0.364. The van der Waals surface area contributed by atoms with Crippen LogP contribution in [-0.2, 0) is 9.53 Å². The van der Waals surface area contributed by atoms with Crippen LogP contribution in [0.5, 0.6) is 0 Å². The van der Waals surface area contributed by atoms with Gasteiger partial charge in [-0.2, -0.15) is 0 Å². The highest BCUT2D eigenvalue weighted by Crippen LogP contribution is 2.31. The molecule has 3 saturated heterocycles. The molecule has 6 heteroatoms. The quantitative estimate of drug-likeness (QED) is 0.784. The number of rotatable bonds is 5. The predicted octanol–water partition coefficient (Wildman–Crippen LogP) is 3.45. The summed E-state index contributed by atoms with van der Waals surface area (Å²) in [4.78, 5) is 28.0. The van der Waals surface area contributed by atoms with Gasteiger partial charge in [0, 0.05) is 17.1 Å². The minimum Gasteiger partial charge on any atom is -0.459 e. The molecule has 2 aromatic rings. The number of halogens is 1. The van der Waals surface area contributed by atoms with E-state index in [1.807, 2.05) is 6.07 Å². The Morgan fingerprint density at radius 2 is 1.71 bits per heavy atom. The summed E-state index contributed by atoms with van der Waals surface area (Å²) in [6, 6.07) is 14.9. The third-order valence-corrected chi connectivity index (χ3v) is 5.87. The summed E-state index contributed by atoms with van der Waals surface area (Å²) in [6.07, 6.45) is 2.00. The molecule has 3 fully saturated rings. The predicted molar refractivity (Wildman–Crippen MR) is 107 cm³/mol. The first-order valence-electron chi connectivity index (χ1n) is 9.64. The van der Waals surface area contributed by atoms with Crippen LogP contribution in [0.4, 0.5) is 0 Å². The highest BCUT2D eigenvalue weighted by molar-refractivity contribution is 6.30. The van der Waals surface area contributed by atoms with Crippen molar-refractivity contribution in [2.45, 2.75) is 25.0 Å². The molecule has 1 N–H and O–H groups in total. The van der Waals surface area contributed by atoms with Crippen LogP contribution in [0, 0.1) is 5.92 Å². The molecule has 2 aromatic carbocycles. The van der Waals surface area contributed by atoms with Gasteiger partial charge in [0.15, 0.2) is 6.04 Å². The Bertz CT molecular complexity index is 833. The summed E-state index contributed by atoms with van der Waals surface area (Å²) in [5, 5.41) is 3.40. The number of esters is 1. The molecule has 1 unspecified atom stereocenters. The molecule has 2 atom stereocenters. The number of amides is 1. The number of hydrogen-bond acceptors (Lipinski definition) is 4. The van der Waals surface area contributed by atoms with Crippen LogP contribution >= 0.6 is 11.6 Å². The summed E-state index contributed by atoms with van der Waals surface area (Å²) >= 11 is 5.99. The van der Waals surface area contributed by atoms with Gasteiger partial charge in [-0.1, -0.05) is 41.9 Å². The Morgan fingerprint density at radius 1 is 1.04 bits per heavy atom. The molecule has 0 aliphatic carbocycles. The van der Waals surface area contributed by atoms with Gasteiger partial charge in [-0.15, -0.1) is 0 Å². The van der Waals surface area contributed by atoms with Gasteiger partial charge >= 0.3 is 5.97 Å². The molecule has 0 aromatic heterocycles. The van der Waals surface area contributed by atoms with E-state index in [0.29, 0.717) is 22.1 Å². The van der Waals surface area contributed by atoms with E-state index in [-0.39, 0.29) is 12.0 Å². The van der Waals surface area contributed by atoms with E-state index in [1.54, 1.807) is 48.5 Å². The first-order chi connectivity index (χ1) is 13.6. The van der Waals surface area contributed by atoms with Crippen LogP contribution in [0.15, 0.2) is 54.6 Å². The van der Waals surface area contributed by atoms with Gasteiger partial charge in [0.05, 0.1) is 0 Å². The molecule has 1 amide bonds. The van der Waals surface area contributed by atoms with Gasteiger partial charge in [-0.05, 0) is 61.7 Å². The lowest BCUT2D eigenvalue weighted by atomic mass is 9.86. The minimum atomic E-state index is -0.875. The van der Waals surface area contributed by atoms with Crippen molar-refractivity contribution in [2.75, 3.05) is 19.6 Å². The second-order valence-corrected chi connectivity index (χ2v) is 7.87. The normalized spacial score (nSPS) is 24.4. The molecule has 146 valence electrons. The largest absolute Gasteiger partial charge is 0.459 e. The number of benzene rings is 2.